The lowest BCUT2D eigenvalue weighted by molar-refractivity contribution is 0.627. The fourth-order valence-corrected chi connectivity index (χ4v) is 2.81. The van der Waals surface area contributed by atoms with Gasteiger partial charge in [0.1, 0.15) is 17.0 Å². The zero-order valence-electron chi connectivity index (χ0n) is 14.1. The molecule has 4 aromatic rings. The number of fused-ring (bicyclic) bond motifs is 1. The summed E-state index contributed by atoms with van der Waals surface area (Å²) in [7, 11) is 1.85. The van der Waals surface area contributed by atoms with Crippen LogP contribution in [0, 0.1) is 5.82 Å². The summed E-state index contributed by atoms with van der Waals surface area (Å²) in [5, 5.41) is 4.73. The van der Waals surface area contributed by atoms with Crippen molar-refractivity contribution in [2.24, 2.45) is 0 Å². The Balaban J connectivity index is 1.72. The van der Waals surface area contributed by atoms with E-state index in [0.29, 0.717) is 23.4 Å². The van der Waals surface area contributed by atoms with E-state index < -0.39 is 0 Å². The third kappa shape index (κ3) is 2.95. The van der Waals surface area contributed by atoms with Gasteiger partial charge in [-0.05, 0) is 36.4 Å². The van der Waals surface area contributed by atoms with Gasteiger partial charge in [0.05, 0.1) is 18.4 Å². The summed E-state index contributed by atoms with van der Waals surface area (Å²) in [5.74, 6) is 0.217. The van der Waals surface area contributed by atoms with Crippen LogP contribution in [0.2, 0.25) is 0 Å². The SMILES string of the molecule is CN(Cc1nc2c(cnn2-c2ccccc2)c(=O)[nH]1)c1ccc(F)cc1. The minimum atomic E-state index is -0.290. The molecule has 0 unspecified atom stereocenters. The lowest BCUT2D eigenvalue weighted by atomic mass is 10.3. The highest BCUT2D eigenvalue weighted by atomic mass is 19.1. The third-order valence-corrected chi connectivity index (χ3v) is 4.14. The Bertz CT molecular complexity index is 1100. The smallest absolute Gasteiger partial charge is 0.262 e. The number of hydrogen-bond donors (Lipinski definition) is 1. The van der Waals surface area contributed by atoms with Crippen molar-refractivity contribution in [3.05, 3.63) is 82.8 Å². The Kier molecular flexibility index (Phi) is 3.96. The van der Waals surface area contributed by atoms with Crippen molar-refractivity contribution in [3.63, 3.8) is 0 Å². The average Bonchev–Trinajstić information content (AvgIpc) is 3.07. The molecule has 6 nitrogen and oxygen atoms in total. The zero-order chi connectivity index (χ0) is 18.1. The summed E-state index contributed by atoms with van der Waals surface area (Å²) in [4.78, 5) is 21.6. The first-order valence-electron chi connectivity index (χ1n) is 8.11. The van der Waals surface area contributed by atoms with Gasteiger partial charge in [0.15, 0.2) is 5.65 Å². The molecule has 0 amide bonds. The molecular weight excluding hydrogens is 333 g/mol. The first-order valence-corrected chi connectivity index (χ1v) is 8.11. The topological polar surface area (TPSA) is 66.8 Å². The van der Waals surface area contributed by atoms with Crippen LogP contribution in [0.25, 0.3) is 16.7 Å². The molecule has 0 aliphatic carbocycles. The number of anilines is 1. The van der Waals surface area contributed by atoms with E-state index in [0.717, 1.165) is 11.4 Å². The molecule has 2 aromatic carbocycles. The zero-order valence-corrected chi connectivity index (χ0v) is 14.1. The highest BCUT2D eigenvalue weighted by molar-refractivity contribution is 5.75. The van der Waals surface area contributed by atoms with Crippen LogP contribution in [0.1, 0.15) is 5.82 Å². The van der Waals surface area contributed by atoms with Crippen LogP contribution in [0.4, 0.5) is 10.1 Å². The molecule has 26 heavy (non-hydrogen) atoms. The second-order valence-corrected chi connectivity index (χ2v) is 5.97. The lowest BCUT2D eigenvalue weighted by Gasteiger charge is -2.18. The van der Waals surface area contributed by atoms with Crippen LogP contribution in [0.5, 0.6) is 0 Å². The molecule has 130 valence electrons. The van der Waals surface area contributed by atoms with Crippen LogP contribution in [-0.2, 0) is 6.54 Å². The monoisotopic (exact) mass is 349 g/mol. The number of rotatable bonds is 4. The normalized spacial score (nSPS) is 11.0. The molecule has 4 rings (SSSR count). The standard InChI is InChI=1S/C19H16FN5O/c1-24(14-9-7-13(20)8-10-14)12-17-22-18-16(19(26)23-17)11-21-25(18)15-5-3-2-4-6-15/h2-11H,12H2,1H3,(H,22,23,26). The van der Waals surface area contributed by atoms with E-state index in [1.54, 1.807) is 16.8 Å². The predicted octanol–water partition coefficient (Wildman–Crippen LogP) is 2.88. The van der Waals surface area contributed by atoms with Gasteiger partial charge < -0.3 is 9.88 Å². The summed E-state index contributed by atoms with van der Waals surface area (Å²) in [6.07, 6.45) is 1.52. The number of H-pyrrole nitrogens is 1. The second kappa shape index (κ2) is 6.44. The van der Waals surface area contributed by atoms with Crippen molar-refractivity contribution in [2.45, 2.75) is 6.54 Å². The molecule has 2 aromatic heterocycles. The molecular formula is C19H16FN5O. The van der Waals surface area contributed by atoms with Gasteiger partial charge in [0, 0.05) is 12.7 Å². The van der Waals surface area contributed by atoms with Gasteiger partial charge in [-0.1, -0.05) is 18.2 Å². The Morgan fingerprint density at radius 1 is 1.12 bits per heavy atom. The van der Waals surface area contributed by atoms with Crippen molar-refractivity contribution >= 4 is 16.7 Å². The van der Waals surface area contributed by atoms with E-state index in [-0.39, 0.29) is 11.4 Å². The van der Waals surface area contributed by atoms with Gasteiger partial charge in [0.2, 0.25) is 0 Å². The van der Waals surface area contributed by atoms with Gasteiger partial charge >= 0.3 is 0 Å². The molecule has 0 bridgehead atoms. The van der Waals surface area contributed by atoms with E-state index in [4.69, 9.17) is 0 Å². The van der Waals surface area contributed by atoms with Crippen molar-refractivity contribution < 1.29 is 4.39 Å². The fraction of sp³-hybridized carbons (Fsp3) is 0.105. The highest BCUT2D eigenvalue weighted by Crippen LogP contribution is 2.17. The van der Waals surface area contributed by atoms with Gasteiger partial charge in [-0.3, -0.25) is 4.79 Å². The molecule has 7 heteroatoms. The lowest BCUT2D eigenvalue weighted by Crippen LogP contribution is -2.21. The highest BCUT2D eigenvalue weighted by Gasteiger charge is 2.12. The Morgan fingerprint density at radius 2 is 1.85 bits per heavy atom. The summed E-state index contributed by atoms with van der Waals surface area (Å²) in [5.41, 5.74) is 1.92. The van der Waals surface area contributed by atoms with Gasteiger partial charge in [-0.25, -0.2) is 14.1 Å². The van der Waals surface area contributed by atoms with Crippen molar-refractivity contribution in [3.8, 4) is 5.69 Å². The molecule has 0 spiro atoms. The number of benzene rings is 2. The number of aromatic nitrogens is 4. The largest absolute Gasteiger partial charge is 0.367 e. The number of hydrogen-bond acceptors (Lipinski definition) is 4. The number of para-hydroxylation sites is 1. The molecule has 2 heterocycles. The summed E-state index contributed by atoms with van der Waals surface area (Å²) < 4.78 is 14.7. The van der Waals surface area contributed by atoms with Gasteiger partial charge in [-0.2, -0.15) is 5.10 Å². The maximum atomic E-state index is 13.1. The number of aromatic amines is 1. The summed E-state index contributed by atoms with van der Waals surface area (Å²) in [6, 6.07) is 15.7. The number of nitrogens with zero attached hydrogens (tertiary/aromatic N) is 4. The summed E-state index contributed by atoms with van der Waals surface area (Å²) >= 11 is 0. The molecule has 0 aliphatic rings. The van der Waals surface area contributed by atoms with E-state index in [9.17, 15) is 9.18 Å². The Hall–Kier alpha value is -3.48. The predicted molar refractivity (Wildman–Crippen MR) is 98.0 cm³/mol. The quantitative estimate of drug-likeness (QED) is 0.615. The van der Waals surface area contributed by atoms with Gasteiger partial charge in [0.25, 0.3) is 5.56 Å². The van der Waals surface area contributed by atoms with Crippen molar-refractivity contribution in [1.29, 1.82) is 0 Å². The molecule has 0 radical (unpaired) electrons. The number of nitrogens with one attached hydrogen (secondary N) is 1. The van der Waals surface area contributed by atoms with E-state index in [1.807, 2.05) is 42.3 Å². The first-order chi connectivity index (χ1) is 12.6. The average molecular weight is 349 g/mol. The maximum Gasteiger partial charge on any atom is 0.262 e. The molecule has 0 saturated carbocycles. The fourth-order valence-electron chi connectivity index (χ4n) is 2.81. The Morgan fingerprint density at radius 3 is 2.58 bits per heavy atom. The van der Waals surface area contributed by atoms with Gasteiger partial charge in [-0.15, -0.1) is 0 Å². The maximum absolute atomic E-state index is 13.1. The van der Waals surface area contributed by atoms with E-state index in [2.05, 4.69) is 15.1 Å². The van der Waals surface area contributed by atoms with Crippen LogP contribution in [0.15, 0.2) is 65.6 Å². The first kappa shape index (κ1) is 16.0. The number of halogens is 1. The van der Waals surface area contributed by atoms with Crippen LogP contribution >= 0.6 is 0 Å². The minimum absolute atomic E-state index is 0.236. The van der Waals surface area contributed by atoms with Crippen LogP contribution in [-0.4, -0.2) is 26.8 Å². The van der Waals surface area contributed by atoms with Crippen molar-refractivity contribution in [1.82, 2.24) is 19.7 Å². The molecule has 0 aliphatic heterocycles. The van der Waals surface area contributed by atoms with E-state index >= 15 is 0 Å². The van der Waals surface area contributed by atoms with E-state index in [1.165, 1.54) is 18.3 Å². The minimum Gasteiger partial charge on any atom is -0.367 e. The van der Waals surface area contributed by atoms with Crippen LogP contribution < -0.4 is 10.5 Å². The summed E-state index contributed by atoms with van der Waals surface area (Å²) in [6.45, 7) is 0.372. The molecule has 0 saturated heterocycles. The molecule has 0 fully saturated rings. The van der Waals surface area contributed by atoms with Crippen LogP contribution in [0.3, 0.4) is 0 Å². The molecule has 1 N–H and O–H groups in total. The second-order valence-electron chi connectivity index (χ2n) is 5.97. The Labute approximate surface area is 148 Å². The third-order valence-electron chi connectivity index (χ3n) is 4.14. The molecule has 0 atom stereocenters. The van der Waals surface area contributed by atoms with Crippen molar-refractivity contribution in [2.75, 3.05) is 11.9 Å².